The molecule has 1 aromatic rings. The SMILES string of the molecule is CCOC(=O)C1=NN(c2cccc(C)c2)[C@]2(S1)SC(C(C)=O)=C(C)N2C. The second-order valence-electron chi connectivity index (χ2n) is 6.06. The first-order valence-corrected chi connectivity index (χ1v) is 9.89. The lowest BCUT2D eigenvalue weighted by molar-refractivity contribution is -0.134. The summed E-state index contributed by atoms with van der Waals surface area (Å²) in [7, 11) is 1.91. The van der Waals surface area contributed by atoms with Gasteiger partial charge < -0.3 is 9.64 Å². The van der Waals surface area contributed by atoms with E-state index in [1.165, 1.54) is 23.5 Å². The highest BCUT2D eigenvalue weighted by Gasteiger charge is 2.56. The molecule has 3 rings (SSSR count). The third-order valence-electron chi connectivity index (χ3n) is 4.19. The first-order valence-electron chi connectivity index (χ1n) is 8.26. The van der Waals surface area contributed by atoms with Crippen LogP contribution in [-0.4, -0.2) is 39.7 Å². The Morgan fingerprint density at radius 3 is 2.58 bits per heavy atom. The molecule has 2 aliphatic rings. The van der Waals surface area contributed by atoms with E-state index in [1.807, 2.05) is 50.1 Å². The van der Waals surface area contributed by atoms with Crippen molar-refractivity contribution < 1.29 is 14.3 Å². The lowest BCUT2D eigenvalue weighted by Crippen LogP contribution is -2.47. The molecule has 2 aliphatic heterocycles. The Kier molecular flexibility index (Phi) is 5.07. The maximum absolute atomic E-state index is 12.3. The molecule has 0 fully saturated rings. The summed E-state index contributed by atoms with van der Waals surface area (Å²) in [4.78, 5) is 27.1. The molecule has 0 saturated heterocycles. The number of carbonyl (C=O) groups is 2. The number of thioether (sulfide) groups is 2. The van der Waals surface area contributed by atoms with Crippen LogP contribution in [-0.2, 0) is 14.3 Å². The van der Waals surface area contributed by atoms with Gasteiger partial charge in [0.05, 0.1) is 17.2 Å². The number of benzene rings is 1. The van der Waals surface area contributed by atoms with Crippen LogP contribution >= 0.6 is 23.5 Å². The highest BCUT2D eigenvalue weighted by Crippen LogP contribution is 2.58. The smallest absolute Gasteiger partial charge is 0.365 e. The van der Waals surface area contributed by atoms with Crippen LogP contribution in [0.15, 0.2) is 40.0 Å². The van der Waals surface area contributed by atoms with Crippen molar-refractivity contribution >= 4 is 46.0 Å². The van der Waals surface area contributed by atoms with Crippen molar-refractivity contribution in [1.29, 1.82) is 0 Å². The predicted octanol–water partition coefficient (Wildman–Crippen LogP) is 3.54. The summed E-state index contributed by atoms with van der Waals surface area (Å²) in [5.74, 6) is -0.444. The highest BCUT2D eigenvalue weighted by atomic mass is 32.2. The summed E-state index contributed by atoms with van der Waals surface area (Å²) in [6, 6.07) is 7.91. The van der Waals surface area contributed by atoms with Crippen LogP contribution in [0.3, 0.4) is 0 Å². The van der Waals surface area contributed by atoms with Gasteiger partial charge in [-0.15, -0.1) is 0 Å². The Balaban J connectivity index is 2.07. The van der Waals surface area contributed by atoms with E-state index in [0.29, 0.717) is 4.91 Å². The standard InChI is InChI=1S/C18H21N3O3S2/c1-6-24-17(23)16-19-21(14-9-7-8-11(2)10-14)18(26-16)20(5)12(3)15(25-18)13(4)22/h7-10H,6H2,1-5H3/t18-/m0/s1. The molecule has 6 nitrogen and oxygen atoms in total. The fourth-order valence-corrected chi connectivity index (χ4v) is 5.72. The molecule has 26 heavy (non-hydrogen) atoms. The van der Waals surface area contributed by atoms with Gasteiger partial charge in [0, 0.05) is 12.7 Å². The van der Waals surface area contributed by atoms with Gasteiger partial charge in [0.1, 0.15) is 0 Å². The van der Waals surface area contributed by atoms with Gasteiger partial charge in [-0.1, -0.05) is 23.9 Å². The number of aryl methyl sites for hydroxylation is 1. The molecule has 0 amide bonds. The van der Waals surface area contributed by atoms with Crippen LogP contribution in [0, 0.1) is 6.92 Å². The van der Waals surface area contributed by atoms with Crippen molar-refractivity contribution in [3.63, 3.8) is 0 Å². The zero-order valence-corrected chi connectivity index (χ0v) is 17.0. The van der Waals surface area contributed by atoms with Gasteiger partial charge in [-0.05, 0) is 57.2 Å². The maximum atomic E-state index is 12.3. The van der Waals surface area contributed by atoms with Gasteiger partial charge >= 0.3 is 5.97 Å². The molecule has 1 spiro atoms. The molecule has 0 aliphatic carbocycles. The highest BCUT2D eigenvalue weighted by molar-refractivity contribution is 8.28. The summed E-state index contributed by atoms with van der Waals surface area (Å²) in [6.07, 6.45) is 0. The summed E-state index contributed by atoms with van der Waals surface area (Å²) >= 11 is 2.72. The molecule has 0 bridgehead atoms. The topological polar surface area (TPSA) is 62.2 Å². The fraction of sp³-hybridized carbons (Fsp3) is 0.389. The molecule has 1 atom stereocenters. The van der Waals surface area contributed by atoms with Crippen LogP contribution in [0.25, 0.3) is 0 Å². The van der Waals surface area contributed by atoms with Crippen LogP contribution < -0.4 is 5.01 Å². The van der Waals surface area contributed by atoms with Crippen molar-refractivity contribution in [1.82, 2.24) is 4.90 Å². The van der Waals surface area contributed by atoms with Crippen LogP contribution in [0.1, 0.15) is 26.3 Å². The lowest BCUT2D eigenvalue weighted by atomic mass is 10.2. The molecule has 0 radical (unpaired) electrons. The van der Waals surface area contributed by atoms with E-state index >= 15 is 0 Å². The molecule has 0 aromatic heterocycles. The predicted molar refractivity (Wildman–Crippen MR) is 107 cm³/mol. The second-order valence-corrected chi connectivity index (χ2v) is 8.66. The normalized spacial score (nSPS) is 22.3. The van der Waals surface area contributed by atoms with Crippen molar-refractivity contribution in [3.8, 4) is 0 Å². The van der Waals surface area contributed by atoms with Gasteiger partial charge in [0.2, 0.25) is 9.37 Å². The maximum Gasteiger partial charge on any atom is 0.365 e. The summed E-state index contributed by atoms with van der Waals surface area (Å²) in [6.45, 7) is 7.53. The van der Waals surface area contributed by atoms with Gasteiger partial charge in [-0.3, -0.25) is 4.79 Å². The number of esters is 1. The third kappa shape index (κ3) is 3.01. The fourth-order valence-electron chi connectivity index (χ4n) is 2.84. The van der Waals surface area contributed by atoms with Gasteiger partial charge in [0.25, 0.3) is 0 Å². The Morgan fingerprint density at radius 2 is 2.00 bits per heavy atom. The number of nitrogens with zero attached hydrogens (tertiary/aromatic N) is 3. The van der Waals surface area contributed by atoms with Gasteiger partial charge in [0.15, 0.2) is 5.78 Å². The molecule has 138 valence electrons. The number of allylic oxidation sites excluding steroid dienone is 2. The van der Waals surface area contributed by atoms with E-state index in [2.05, 4.69) is 5.10 Å². The van der Waals surface area contributed by atoms with Crippen molar-refractivity contribution in [2.45, 2.75) is 32.0 Å². The molecule has 8 heteroatoms. The minimum atomic E-state index is -0.763. The minimum absolute atomic E-state index is 0.00519. The summed E-state index contributed by atoms with van der Waals surface area (Å²) in [5.41, 5.74) is 2.81. The zero-order valence-electron chi connectivity index (χ0n) is 15.4. The Bertz CT molecular complexity index is 837. The zero-order chi connectivity index (χ0) is 19.1. The number of hydrogen-bond acceptors (Lipinski definition) is 8. The summed E-state index contributed by atoms with van der Waals surface area (Å²) < 4.78 is 4.38. The Morgan fingerprint density at radius 1 is 1.27 bits per heavy atom. The van der Waals surface area contributed by atoms with Gasteiger partial charge in [-0.25, -0.2) is 9.80 Å². The number of anilines is 1. The van der Waals surface area contributed by atoms with Crippen LogP contribution in [0.2, 0.25) is 0 Å². The van der Waals surface area contributed by atoms with E-state index in [1.54, 1.807) is 18.9 Å². The number of ether oxygens (including phenoxy) is 1. The molecular formula is C18H21N3O3S2. The van der Waals surface area contributed by atoms with Crippen molar-refractivity contribution in [3.05, 3.63) is 40.4 Å². The third-order valence-corrected chi connectivity index (χ3v) is 7.35. The molecule has 2 heterocycles. The summed E-state index contributed by atoms with van der Waals surface area (Å²) in [5, 5.41) is 6.66. The molecule has 0 N–H and O–H groups in total. The molecule has 0 saturated carbocycles. The molecular weight excluding hydrogens is 370 g/mol. The monoisotopic (exact) mass is 391 g/mol. The van der Waals surface area contributed by atoms with E-state index < -0.39 is 10.3 Å². The second kappa shape index (κ2) is 7.00. The first kappa shape index (κ1) is 18.8. The molecule has 0 unspecified atom stereocenters. The van der Waals surface area contributed by atoms with E-state index in [9.17, 15) is 9.59 Å². The number of ketones is 1. The van der Waals surface area contributed by atoms with Crippen molar-refractivity contribution in [2.75, 3.05) is 18.7 Å². The molecule has 1 aromatic carbocycles. The van der Waals surface area contributed by atoms with Crippen LogP contribution in [0.4, 0.5) is 5.69 Å². The van der Waals surface area contributed by atoms with Crippen molar-refractivity contribution in [2.24, 2.45) is 5.10 Å². The average Bonchev–Trinajstić information content (AvgIpc) is 3.10. The minimum Gasteiger partial charge on any atom is -0.461 e. The van der Waals surface area contributed by atoms with Gasteiger partial charge in [-0.2, -0.15) is 5.10 Å². The number of hydrazone groups is 1. The number of rotatable bonds is 4. The van der Waals surface area contributed by atoms with Crippen LogP contribution in [0.5, 0.6) is 0 Å². The first-order chi connectivity index (χ1) is 12.3. The lowest BCUT2D eigenvalue weighted by Gasteiger charge is -2.39. The Labute approximate surface area is 161 Å². The quantitative estimate of drug-likeness (QED) is 0.728. The Hall–Kier alpha value is -1.93. The van der Waals surface area contributed by atoms with E-state index in [4.69, 9.17) is 4.74 Å². The van der Waals surface area contributed by atoms with E-state index in [0.717, 1.165) is 16.9 Å². The number of carbonyl (C=O) groups excluding carboxylic acids is 2. The van der Waals surface area contributed by atoms with E-state index in [-0.39, 0.29) is 17.4 Å². The average molecular weight is 392 g/mol. The largest absolute Gasteiger partial charge is 0.461 e. The number of hydrogen-bond donors (Lipinski definition) is 0. The number of Topliss-reactive ketones (excluding diaryl/α,β-unsaturated/α-hetero) is 1.